The van der Waals surface area contributed by atoms with Crippen molar-refractivity contribution in [3.63, 3.8) is 0 Å². The fourth-order valence-electron chi connectivity index (χ4n) is 2.64. The van der Waals surface area contributed by atoms with E-state index in [0.717, 1.165) is 16.9 Å². The summed E-state index contributed by atoms with van der Waals surface area (Å²) in [6, 6.07) is 13.7. The van der Waals surface area contributed by atoms with Gasteiger partial charge in [0.25, 0.3) is 0 Å². The molecule has 0 amide bonds. The van der Waals surface area contributed by atoms with Gasteiger partial charge in [-0.2, -0.15) is 0 Å². The molecule has 0 spiro atoms. The summed E-state index contributed by atoms with van der Waals surface area (Å²) in [5, 5.41) is 0.705. The molecule has 20 heavy (non-hydrogen) atoms. The average Bonchev–Trinajstić information content (AvgIpc) is 2.74. The molecule has 1 unspecified atom stereocenters. The third kappa shape index (κ3) is 2.19. The SMILES string of the molecule is CC1(C)COc2ccc(C(N)c3ccccc3Cl)cc21. The van der Waals surface area contributed by atoms with Gasteiger partial charge in [-0.05, 0) is 29.3 Å². The smallest absolute Gasteiger partial charge is 0.123 e. The van der Waals surface area contributed by atoms with Gasteiger partial charge in [0.2, 0.25) is 0 Å². The number of ether oxygens (including phenoxy) is 1. The molecule has 1 aliphatic rings. The second kappa shape index (κ2) is 4.80. The summed E-state index contributed by atoms with van der Waals surface area (Å²) in [4.78, 5) is 0. The van der Waals surface area contributed by atoms with Crippen LogP contribution in [0.4, 0.5) is 0 Å². The Morgan fingerprint density at radius 1 is 1.20 bits per heavy atom. The van der Waals surface area contributed by atoms with Crippen LogP contribution in [-0.2, 0) is 5.41 Å². The summed E-state index contributed by atoms with van der Waals surface area (Å²) in [6.07, 6.45) is 0. The monoisotopic (exact) mass is 287 g/mol. The van der Waals surface area contributed by atoms with Gasteiger partial charge in [0.15, 0.2) is 0 Å². The molecule has 0 aliphatic carbocycles. The average molecular weight is 288 g/mol. The largest absolute Gasteiger partial charge is 0.492 e. The van der Waals surface area contributed by atoms with Gasteiger partial charge in [-0.1, -0.05) is 49.7 Å². The highest BCUT2D eigenvalue weighted by Crippen LogP contribution is 2.40. The lowest BCUT2D eigenvalue weighted by atomic mass is 9.85. The first-order valence-corrected chi connectivity index (χ1v) is 7.14. The standard InChI is InChI=1S/C17H18ClNO/c1-17(2)10-20-15-8-7-11(9-13(15)17)16(19)12-5-3-4-6-14(12)18/h3-9,16H,10,19H2,1-2H3. The van der Waals surface area contributed by atoms with Crippen LogP contribution in [0.25, 0.3) is 0 Å². The second-order valence-corrected chi connectivity index (χ2v) is 6.33. The summed E-state index contributed by atoms with van der Waals surface area (Å²) in [6.45, 7) is 5.08. The number of halogens is 1. The van der Waals surface area contributed by atoms with Crippen molar-refractivity contribution in [3.05, 3.63) is 64.2 Å². The van der Waals surface area contributed by atoms with Gasteiger partial charge in [-0.25, -0.2) is 0 Å². The molecule has 1 atom stereocenters. The number of fused-ring (bicyclic) bond motifs is 1. The van der Waals surface area contributed by atoms with Gasteiger partial charge in [-0.3, -0.25) is 0 Å². The molecule has 0 aromatic heterocycles. The zero-order chi connectivity index (χ0) is 14.3. The maximum absolute atomic E-state index is 6.37. The first kappa shape index (κ1) is 13.5. The highest BCUT2D eigenvalue weighted by Gasteiger charge is 2.32. The van der Waals surface area contributed by atoms with E-state index < -0.39 is 0 Å². The Balaban J connectivity index is 2.02. The van der Waals surface area contributed by atoms with Crippen molar-refractivity contribution >= 4 is 11.6 Å². The van der Waals surface area contributed by atoms with Crippen LogP contribution in [0.1, 0.15) is 36.6 Å². The van der Waals surface area contributed by atoms with Crippen LogP contribution >= 0.6 is 11.6 Å². The Labute approximate surface area is 124 Å². The van der Waals surface area contributed by atoms with Crippen LogP contribution in [0, 0.1) is 0 Å². The molecule has 0 saturated heterocycles. The molecule has 2 aromatic rings. The van der Waals surface area contributed by atoms with Crippen LogP contribution in [0.3, 0.4) is 0 Å². The van der Waals surface area contributed by atoms with Crippen molar-refractivity contribution in [1.29, 1.82) is 0 Å². The van der Waals surface area contributed by atoms with E-state index in [-0.39, 0.29) is 11.5 Å². The fourth-order valence-corrected chi connectivity index (χ4v) is 2.89. The van der Waals surface area contributed by atoms with Gasteiger partial charge in [0, 0.05) is 16.0 Å². The maximum atomic E-state index is 6.37. The van der Waals surface area contributed by atoms with E-state index in [4.69, 9.17) is 22.1 Å². The molecule has 2 aromatic carbocycles. The second-order valence-electron chi connectivity index (χ2n) is 5.93. The predicted octanol–water partition coefficient (Wildman–Crippen LogP) is 4.06. The molecule has 1 heterocycles. The van der Waals surface area contributed by atoms with Gasteiger partial charge in [0.05, 0.1) is 12.6 Å². The lowest BCUT2D eigenvalue weighted by Crippen LogP contribution is -2.19. The van der Waals surface area contributed by atoms with E-state index in [1.807, 2.05) is 36.4 Å². The normalized spacial score (nSPS) is 17.4. The Bertz CT molecular complexity index is 651. The predicted molar refractivity (Wildman–Crippen MR) is 82.4 cm³/mol. The summed E-state index contributed by atoms with van der Waals surface area (Å²) >= 11 is 6.24. The van der Waals surface area contributed by atoms with Crippen LogP contribution in [0.15, 0.2) is 42.5 Å². The number of rotatable bonds is 2. The molecule has 2 N–H and O–H groups in total. The van der Waals surface area contributed by atoms with E-state index in [1.54, 1.807) is 0 Å². The maximum Gasteiger partial charge on any atom is 0.123 e. The lowest BCUT2D eigenvalue weighted by molar-refractivity contribution is 0.291. The first-order chi connectivity index (χ1) is 9.49. The zero-order valence-corrected chi connectivity index (χ0v) is 12.4. The minimum absolute atomic E-state index is 0.0333. The van der Waals surface area contributed by atoms with E-state index in [0.29, 0.717) is 11.6 Å². The molecule has 0 radical (unpaired) electrons. The van der Waals surface area contributed by atoms with Crippen LogP contribution in [0.2, 0.25) is 5.02 Å². The van der Waals surface area contributed by atoms with Crippen molar-refractivity contribution in [2.24, 2.45) is 5.73 Å². The molecule has 0 saturated carbocycles. The molecule has 3 rings (SSSR count). The van der Waals surface area contributed by atoms with Crippen molar-refractivity contribution in [2.45, 2.75) is 25.3 Å². The van der Waals surface area contributed by atoms with Crippen molar-refractivity contribution in [1.82, 2.24) is 0 Å². The van der Waals surface area contributed by atoms with E-state index >= 15 is 0 Å². The highest BCUT2D eigenvalue weighted by atomic mass is 35.5. The van der Waals surface area contributed by atoms with Gasteiger partial charge in [-0.15, -0.1) is 0 Å². The lowest BCUT2D eigenvalue weighted by Gasteiger charge is -2.19. The highest BCUT2D eigenvalue weighted by molar-refractivity contribution is 6.31. The number of hydrogen-bond acceptors (Lipinski definition) is 2. The van der Waals surface area contributed by atoms with Crippen LogP contribution < -0.4 is 10.5 Å². The Morgan fingerprint density at radius 2 is 1.95 bits per heavy atom. The third-order valence-corrected chi connectivity index (χ3v) is 4.26. The zero-order valence-electron chi connectivity index (χ0n) is 11.7. The number of benzene rings is 2. The third-order valence-electron chi connectivity index (χ3n) is 3.92. The molecule has 3 heteroatoms. The van der Waals surface area contributed by atoms with Crippen molar-refractivity contribution < 1.29 is 4.74 Å². The van der Waals surface area contributed by atoms with Crippen molar-refractivity contribution in [3.8, 4) is 5.75 Å². The van der Waals surface area contributed by atoms with Crippen molar-refractivity contribution in [2.75, 3.05) is 6.61 Å². The molecule has 0 bridgehead atoms. The number of nitrogens with two attached hydrogens (primary N) is 1. The Hall–Kier alpha value is -1.51. The van der Waals surface area contributed by atoms with Gasteiger partial charge in [0.1, 0.15) is 5.75 Å². The quantitative estimate of drug-likeness (QED) is 0.904. The summed E-state index contributed by atoms with van der Waals surface area (Å²) < 4.78 is 5.71. The Morgan fingerprint density at radius 3 is 2.70 bits per heavy atom. The molecule has 2 nitrogen and oxygen atoms in total. The minimum atomic E-state index is -0.217. The molecular weight excluding hydrogens is 270 g/mol. The fraction of sp³-hybridized carbons (Fsp3) is 0.294. The van der Waals surface area contributed by atoms with Gasteiger partial charge >= 0.3 is 0 Å². The molecular formula is C17H18ClNO. The summed E-state index contributed by atoms with van der Waals surface area (Å²) in [5.41, 5.74) is 9.64. The summed E-state index contributed by atoms with van der Waals surface area (Å²) in [7, 11) is 0. The molecule has 1 aliphatic heterocycles. The first-order valence-electron chi connectivity index (χ1n) is 6.76. The topological polar surface area (TPSA) is 35.2 Å². The van der Waals surface area contributed by atoms with E-state index in [1.165, 1.54) is 5.56 Å². The number of hydrogen-bond donors (Lipinski definition) is 1. The Kier molecular flexibility index (Phi) is 3.23. The molecule has 104 valence electrons. The minimum Gasteiger partial charge on any atom is -0.492 e. The molecule has 0 fully saturated rings. The van der Waals surface area contributed by atoms with Gasteiger partial charge < -0.3 is 10.5 Å². The van der Waals surface area contributed by atoms with E-state index in [9.17, 15) is 0 Å². The van der Waals surface area contributed by atoms with Crippen LogP contribution in [-0.4, -0.2) is 6.61 Å². The van der Waals surface area contributed by atoms with Crippen LogP contribution in [0.5, 0.6) is 5.75 Å². The van der Waals surface area contributed by atoms with E-state index in [2.05, 4.69) is 19.9 Å². The summed E-state index contributed by atoms with van der Waals surface area (Å²) in [5.74, 6) is 0.963.